The maximum Gasteiger partial charge on any atom is 0.337 e. The number of hydrogen-bond donors (Lipinski definition) is 2. The van der Waals surface area contributed by atoms with Crippen LogP contribution in [0.2, 0.25) is 0 Å². The molecule has 1 heterocycles. The Morgan fingerprint density at radius 2 is 2.00 bits per heavy atom. The lowest BCUT2D eigenvalue weighted by Crippen LogP contribution is -2.26. The summed E-state index contributed by atoms with van der Waals surface area (Å²) in [5, 5.41) is 13.6. The van der Waals surface area contributed by atoms with E-state index in [0.717, 1.165) is 28.2 Å². The Bertz CT molecular complexity index is 829. The Balaban J connectivity index is 1.55. The van der Waals surface area contributed by atoms with E-state index in [2.05, 4.69) is 16.1 Å². The zero-order chi connectivity index (χ0) is 19.2. The molecule has 1 unspecified atom stereocenters. The van der Waals surface area contributed by atoms with Crippen molar-refractivity contribution in [2.24, 2.45) is 0 Å². The van der Waals surface area contributed by atoms with Crippen molar-refractivity contribution in [1.29, 1.82) is 0 Å². The van der Waals surface area contributed by atoms with Crippen LogP contribution in [0.4, 0.5) is 0 Å². The Morgan fingerprint density at radius 1 is 1.22 bits per heavy atom. The molecule has 6 heteroatoms. The molecule has 0 radical (unpaired) electrons. The standard InChI is InChI=1S/C21H23NO5/c1-25-19-5-3-4-17-10-14(13-27-20(17)19)11-22-12-18(23)15-6-8-16(9-7-15)21(24)26-2/h3-10,18,22-23H,11-13H2,1-2H3. The van der Waals surface area contributed by atoms with Crippen LogP contribution < -0.4 is 14.8 Å². The minimum absolute atomic E-state index is 0.389. The number of nitrogens with one attached hydrogen (secondary N) is 1. The number of aliphatic hydroxyl groups is 1. The molecular formula is C21H23NO5. The Morgan fingerprint density at radius 3 is 2.70 bits per heavy atom. The van der Waals surface area contributed by atoms with E-state index < -0.39 is 12.1 Å². The summed E-state index contributed by atoms with van der Waals surface area (Å²) in [6.45, 7) is 1.47. The van der Waals surface area contributed by atoms with Crippen LogP contribution in [0.15, 0.2) is 48.0 Å². The van der Waals surface area contributed by atoms with Crippen LogP contribution in [0.25, 0.3) is 6.08 Å². The summed E-state index contributed by atoms with van der Waals surface area (Å²) in [5.74, 6) is 1.09. The average molecular weight is 369 g/mol. The monoisotopic (exact) mass is 369 g/mol. The van der Waals surface area contributed by atoms with Crippen LogP contribution in [0.3, 0.4) is 0 Å². The van der Waals surface area contributed by atoms with E-state index in [1.165, 1.54) is 7.11 Å². The SMILES string of the molecule is COC(=O)c1ccc(C(O)CNCC2=Cc3cccc(OC)c3OC2)cc1. The molecule has 142 valence electrons. The summed E-state index contributed by atoms with van der Waals surface area (Å²) in [5.41, 5.74) is 3.26. The molecule has 1 atom stereocenters. The first kappa shape index (κ1) is 18.9. The number of carbonyl (C=O) groups is 1. The second-order valence-electron chi connectivity index (χ2n) is 6.23. The first-order chi connectivity index (χ1) is 13.1. The van der Waals surface area contributed by atoms with Gasteiger partial charge in [0, 0.05) is 18.7 Å². The quantitative estimate of drug-likeness (QED) is 0.731. The molecule has 0 saturated carbocycles. The third kappa shape index (κ3) is 4.48. The lowest BCUT2D eigenvalue weighted by atomic mass is 10.1. The van der Waals surface area contributed by atoms with Gasteiger partial charge in [-0.2, -0.15) is 0 Å². The van der Waals surface area contributed by atoms with E-state index in [4.69, 9.17) is 9.47 Å². The summed E-state index contributed by atoms with van der Waals surface area (Å²) in [4.78, 5) is 11.4. The van der Waals surface area contributed by atoms with Gasteiger partial charge in [0.1, 0.15) is 6.61 Å². The summed E-state index contributed by atoms with van der Waals surface area (Å²) in [7, 11) is 2.96. The highest BCUT2D eigenvalue weighted by Crippen LogP contribution is 2.35. The van der Waals surface area contributed by atoms with Gasteiger partial charge in [0.15, 0.2) is 11.5 Å². The molecule has 6 nitrogen and oxygen atoms in total. The van der Waals surface area contributed by atoms with Crippen LogP contribution >= 0.6 is 0 Å². The number of methoxy groups -OCH3 is 2. The van der Waals surface area contributed by atoms with Gasteiger partial charge < -0.3 is 24.6 Å². The van der Waals surface area contributed by atoms with E-state index >= 15 is 0 Å². The fourth-order valence-corrected chi connectivity index (χ4v) is 2.94. The molecule has 0 aliphatic carbocycles. The molecule has 1 aliphatic heterocycles. The summed E-state index contributed by atoms with van der Waals surface area (Å²) >= 11 is 0. The van der Waals surface area contributed by atoms with E-state index in [0.29, 0.717) is 25.3 Å². The maximum absolute atomic E-state index is 11.4. The van der Waals surface area contributed by atoms with E-state index in [-0.39, 0.29) is 0 Å². The van der Waals surface area contributed by atoms with Crippen molar-refractivity contribution in [3.05, 3.63) is 64.7 Å². The fourth-order valence-electron chi connectivity index (χ4n) is 2.94. The van der Waals surface area contributed by atoms with Crippen LogP contribution in [0.1, 0.15) is 27.6 Å². The molecule has 27 heavy (non-hydrogen) atoms. The minimum Gasteiger partial charge on any atom is -0.493 e. The molecular weight excluding hydrogens is 346 g/mol. The molecule has 1 aliphatic rings. The summed E-state index contributed by atoms with van der Waals surface area (Å²) in [6.07, 6.45) is 1.40. The smallest absolute Gasteiger partial charge is 0.337 e. The van der Waals surface area contributed by atoms with Crippen LogP contribution in [0.5, 0.6) is 11.5 Å². The molecule has 2 aromatic rings. The van der Waals surface area contributed by atoms with Crippen LogP contribution in [-0.2, 0) is 4.74 Å². The zero-order valence-electron chi connectivity index (χ0n) is 15.4. The number of ether oxygens (including phenoxy) is 3. The number of carbonyl (C=O) groups excluding carboxylic acids is 1. The lowest BCUT2D eigenvalue weighted by molar-refractivity contribution is 0.0600. The Kier molecular flexibility index (Phi) is 6.11. The third-order valence-electron chi connectivity index (χ3n) is 4.40. The van der Waals surface area contributed by atoms with Gasteiger partial charge in [-0.25, -0.2) is 4.79 Å². The second kappa shape index (κ2) is 8.70. The molecule has 0 fully saturated rings. The van der Waals surface area contributed by atoms with Crippen molar-refractivity contribution >= 4 is 12.0 Å². The Hall–Kier alpha value is -2.83. The van der Waals surface area contributed by atoms with Crippen molar-refractivity contribution in [3.8, 4) is 11.5 Å². The number of fused-ring (bicyclic) bond motifs is 1. The van der Waals surface area contributed by atoms with Crippen LogP contribution in [0, 0.1) is 0 Å². The predicted molar refractivity (Wildman–Crippen MR) is 102 cm³/mol. The number of aliphatic hydroxyl groups excluding tert-OH is 1. The first-order valence-corrected chi connectivity index (χ1v) is 8.68. The van der Waals surface area contributed by atoms with Crippen molar-refractivity contribution in [1.82, 2.24) is 5.32 Å². The van der Waals surface area contributed by atoms with E-state index in [9.17, 15) is 9.90 Å². The predicted octanol–water partition coefficient (Wildman–Crippen LogP) is 2.58. The zero-order valence-corrected chi connectivity index (χ0v) is 15.4. The average Bonchev–Trinajstić information content (AvgIpc) is 2.72. The van der Waals surface area contributed by atoms with E-state index in [1.807, 2.05) is 18.2 Å². The van der Waals surface area contributed by atoms with Crippen molar-refractivity contribution in [2.75, 3.05) is 33.9 Å². The normalized spacial score (nSPS) is 13.8. The minimum atomic E-state index is -0.672. The topological polar surface area (TPSA) is 77.0 Å². The number of benzene rings is 2. The molecule has 0 spiro atoms. The Labute approximate surface area is 158 Å². The highest BCUT2D eigenvalue weighted by atomic mass is 16.5. The van der Waals surface area contributed by atoms with Gasteiger partial charge in [0.25, 0.3) is 0 Å². The molecule has 0 aromatic heterocycles. The van der Waals surface area contributed by atoms with E-state index in [1.54, 1.807) is 31.4 Å². The number of rotatable bonds is 7. The highest BCUT2D eigenvalue weighted by molar-refractivity contribution is 5.89. The van der Waals surface area contributed by atoms with Crippen molar-refractivity contribution < 1.29 is 24.1 Å². The third-order valence-corrected chi connectivity index (χ3v) is 4.40. The van der Waals surface area contributed by atoms with Gasteiger partial charge in [-0.1, -0.05) is 24.3 Å². The van der Waals surface area contributed by atoms with Gasteiger partial charge >= 0.3 is 5.97 Å². The van der Waals surface area contributed by atoms with Crippen molar-refractivity contribution in [3.63, 3.8) is 0 Å². The number of hydrogen-bond acceptors (Lipinski definition) is 6. The highest BCUT2D eigenvalue weighted by Gasteiger charge is 2.16. The second-order valence-corrected chi connectivity index (χ2v) is 6.23. The molecule has 0 saturated heterocycles. The van der Waals surface area contributed by atoms with Gasteiger partial charge in [-0.3, -0.25) is 0 Å². The van der Waals surface area contributed by atoms with Crippen LogP contribution in [-0.4, -0.2) is 45.0 Å². The molecule has 2 N–H and O–H groups in total. The van der Waals surface area contributed by atoms with Gasteiger partial charge in [-0.05, 0) is 35.4 Å². The molecule has 0 bridgehead atoms. The lowest BCUT2D eigenvalue weighted by Gasteiger charge is -2.21. The fraction of sp³-hybridized carbons (Fsp3) is 0.286. The first-order valence-electron chi connectivity index (χ1n) is 8.68. The summed E-state index contributed by atoms with van der Waals surface area (Å²) in [6, 6.07) is 12.5. The molecule has 3 rings (SSSR count). The van der Waals surface area contributed by atoms with Gasteiger partial charge in [0.2, 0.25) is 0 Å². The number of para-hydroxylation sites is 1. The molecule has 0 amide bonds. The van der Waals surface area contributed by atoms with Gasteiger partial charge in [-0.15, -0.1) is 0 Å². The van der Waals surface area contributed by atoms with Crippen molar-refractivity contribution in [2.45, 2.75) is 6.10 Å². The summed E-state index contributed by atoms with van der Waals surface area (Å²) < 4.78 is 15.8. The van der Waals surface area contributed by atoms with Gasteiger partial charge in [0.05, 0.1) is 25.9 Å². The maximum atomic E-state index is 11.4. The largest absolute Gasteiger partial charge is 0.493 e. The number of esters is 1. The molecule has 2 aromatic carbocycles.